The second-order valence-electron chi connectivity index (χ2n) is 10.1. The van der Waals surface area contributed by atoms with Gasteiger partial charge in [-0.3, -0.25) is 14.5 Å². The first-order valence-corrected chi connectivity index (χ1v) is 12.5. The molecular formula is C24H41N3O2. The Kier molecular flexibility index (Phi) is 7.15. The van der Waals surface area contributed by atoms with E-state index in [4.69, 9.17) is 0 Å². The molecule has 4 rings (SSSR count). The largest absolute Gasteiger partial charge is 0.354 e. The highest BCUT2D eigenvalue weighted by molar-refractivity contribution is 5.84. The van der Waals surface area contributed by atoms with E-state index in [1.165, 1.54) is 83.7 Å². The van der Waals surface area contributed by atoms with Crippen LogP contribution in [0.2, 0.25) is 0 Å². The summed E-state index contributed by atoms with van der Waals surface area (Å²) in [7, 11) is 0. The van der Waals surface area contributed by atoms with Crippen LogP contribution in [0.5, 0.6) is 0 Å². The number of nitrogens with one attached hydrogen (secondary N) is 1. The van der Waals surface area contributed by atoms with Crippen molar-refractivity contribution in [2.75, 3.05) is 26.2 Å². The van der Waals surface area contributed by atoms with E-state index < -0.39 is 0 Å². The number of amides is 2. The first kappa shape index (κ1) is 21.1. The third-order valence-electron chi connectivity index (χ3n) is 8.23. The molecule has 0 bridgehead atoms. The van der Waals surface area contributed by atoms with Crippen molar-refractivity contribution in [3.8, 4) is 0 Å². The van der Waals surface area contributed by atoms with Gasteiger partial charge >= 0.3 is 0 Å². The number of carbonyl (C=O) groups excluding carboxylic acids is 2. The number of likely N-dealkylation sites (tertiary alicyclic amines) is 2. The fourth-order valence-corrected chi connectivity index (χ4v) is 6.41. The van der Waals surface area contributed by atoms with Crippen molar-refractivity contribution in [2.24, 2.45) is 5.92 Å². The van der Waals surface area contributed by atoms with Crippen LogP contribution < -0.4 is 5.32 Å². The van der Waals surface area contributed by atoms with E-state index in [1.807, 2.05) is 0 Å². The number of nitrogens with zero attached hydrogens (tertiary/aromatic N) is 2. The molecule has 164 valence electrons. The maximum absolute atomic E-state index is 13.1. The molecule has 0 unspecified atom stereocenters. The van der Waals surface area contributed by atoms with Crippen LogP contribution in [0.15, 0.2) is 0 Å². The monoisotopic (exact) mass is 403 g/mol. The lowest BCUT2D eigenvalue weighted by Crippen LogP contribution is -2.57. The van der Waals surface area contributed by atoms with Gasteiger partial charge in [0.15, 0.2) is 0 Å². The third-order valence-corrected chi connectivity index (χ3v) is 8.23. The summed E-state index contributed by atoms with van der Waals surface area (Å²) >= 11 is 0. The van der Waals surface area contributed by atoms with Gasteiger partial charge in [0.1, 0.15) is 0 Å². The Balaban J connectivity index is 1.34. The van der Waals surface area contributed by atoms with Crippen LogP contribution in [-0.2, 0) is 9.59 Å². The highest BCUT2D eigenvalue weighted by atomic mass is 16.2. The summed E-state index contributed by atoms with van der Waals surface area (Å²) in [6, 6.07) is 0.370. The minimum Gasteiger partial charge on any atom is -0.354 e. The number of rotatable bonds is 5. The van der Waals surface area contributed by atoms with E-state index in [2.05, 4.69) is 15.1 Å². The molecule has 4 fully saturated rings. The van der Waals surface area contributed by atoms with Crippen molar-refractivity contribution < 1.29 is 9.59 Å². The van der Waals surface area contributed by atoms with Gasteiger partial charge in [0.25, 0.3) is 0 Å². The first-order valence-electron chi connectivity index (χ1n) is 12.5. The van der Waals surface area contributed by atoms with Crippen LogP contribution in [0.4, 0.5) is 0 Å². The molecule has 2 saturated heterocycles. The van der Waals surface area contributed by atoms with Crippen molar-refractivity contribution >= 4 is 11.8 Å². The van der Waals surface area contributed by atoms with Crippen LogP contribution in [0, 0.1) is 5.92 Å². The van der Waals surface area contributed by atoms with E-state index >= 15 is 0 Å². The van der Waals surface area contributed by atoms with Crippen LogP contribution in [0.3, 0.4) is 0 Å². The Morgan fingerprint density at radius 3 is 2.24 bits per heavy atom. The summed E-state index contributed by atoms with van der Waals surface area (Å²) in [6.07, 6.45) is 17.6. The fraction of sp³-hybridized carbons (Fsp3) is 0.917. The fourth-order valence-electron chi connectivity index (χ4n) is 6.41. The molecule has 2 heterocycles. The molecule has 2 aliphatic carbocycles. The quantitative estimate of drug-likeness (QED) is 0.709. The zero-order valence-electron chi connectivity index (χ0n) is 18.3. The van der Waals surface area contributed by atoms with Gasteiger partial charge in [-0.15, -0.1) is 0 Å². The highest BCUT2D eigenvalue weighted by Gasteiger charge is 2.41. The van der Waals surface area contributed by atoms with Gasteiger partial charge in [0.05, 0.1) is 5.92 Å². The molecule has 1 atom stereocenters. The lowest BCUT2D eigenvalue weighted by Gasteiger charge is -2.44. The van der Waals surface area contributed by atoms with E-state index in [0.717, 1.165) is 25.8 Å². The van der Waals surface area contributed by atoms with Crippen molar-refractivity contribution in [3.05, 3.63) is 0 Å². The average Bonchev–Trinajstić information content (AvgIpc) is 3.08. The summed E-state index contributed by atoms with van der Waals surface area (Å²) in [6.45, 7) is 3.85. The summed E-state index contributed by atoms with van der Waals surface area (Å²) in [5.74, 6) is 0.455. The van der Waals surface area contributed by atoms with Crippen LogP contribution >= 0.6 is 0 Å². The van der Waals surface area contributed by atoms with Gasteiger partial charge < -0.3 is 10.2 Å². The van der Waals surface area contributed by atoms with E-state index in [9.17, 15) is 9.59 Å². The molecule has 0 aromatic carbocycles. The molecule has 2 aliphatic heterocycles. The SMILES string of the molecule is O=C(NCC1(N2CCCCC2)CCCC1)[C@@H]1CCC(=O)N(C2CCCCCC2)C1. The summed E-state index contributed by atoms with van der Waals surface area (Å²) in [5, 5.41) is 3.36. The normalized spacial score (nSPS) is 29.6. The second kappa shape index (κ2) is 9.80. The predicted octanol–water partition coefficient (Wildman–Crippen LogP) is 3.86. The lowest BCUT2D eigenvalue weighted by molar-refractivity contribution is -0.141. The molecule has 2 amide bonds. The molecule has 1 N–H and O–H groups in total. The molecule has 5 nitrogen and oxygen atoms in total. The van der Waals surface area contributed by atoms with Crippen LogP contribution in [0.1, 0.15) is 96.3 Å². The molecule has 2 saturated carbocycles. The minimum absolute atomic E-state index is 0.0178. The predicted molar refractivity (Wildman–Crippen MR) is 116 cm³/mol. The second-order valence-corrected chi connectivity index (χ2v) is 10.1. The highest BCUT2D eigenvalue weighted by Crippen LogP contribution is 2.37. The average molecular weight is 404 g/mol. The Morgan fingerprint density at radius 2 is 1.55 bits per heavy atom. The summed E-state index contributed by atoms with van der Waals surface area (Å²) in [5.41, 5.74) is 0.196. The van der Waals surface area contributed by atoms with Crippen molar-refractivity contribution in [3.63, 3.8) is 0 Å². The molecule has 0 spiro atoms. The molecule has 0 aromatic rings. The zero-order chi connectivity index (χ0) is 20.1. The molecule has 0 aromatic heterocycles. The van der Waals surface area contributed by atoms with Gasteiger partial charge in [-0.05, 0) is 58.0 Å². The van der Waals surface area contributed by atoms with Crippen molar-refractivity contribution in [2.45, 2.75) is 108 Å². The Morgan fingerprint density at radius 1 is 0.897 bits per heavy atom. The minimum atomic E-state index is -0.0178. The van der Waals surface area contributed by atoms with Crippen molar-refractivity contribution in [1.29, 1.82) is 0 Å². The van der Waals surface area contributed by atoms with Gasteiger partial charge in [-0.25, -0.2) is 0 Å². The van der Waals surface area contributed by atoms with Gasteiger partial charge in [0.2, 0.25) is 11.8 Å². The molecule has 0 radical (unpaired) electrons. The summed E-state index contributed by atoms with van der Waals surface area (Å²) in [4.78, 5) is 30.5. The van der Waals surface area contributed by atoms with Gasteiger partial charge in [-0.1, -0.05) is 44.9 Å². The lowest BCUT2D eigenvalue weighted by atomic mass is 9.90. The molecule has 5 heteroatoms. The topological polar surface area (TPSA) is 52.7 Å². The number of piperidine rings is 2. The van der Waals surface area contributed by atoms with E-state index in [0.29, 0.717) is 19.0 Å². The van der Waals surface area contributed by atoms with Crippen LogP contribution in [-0.4, -0.2) is 59.4 Å². The number of hydrogen-bond donors (Lipinski definition) is 1. The molecule has 29 heavy (non-hydrogen) atoms. The van der Waals surface area contributed by atoms with Gasteiger partial charge in [0, 0.05) is 31.1 Å². The van der Waals surface area contributed by atoms with Crippen molar-refractivity contribution in [1.82, 2.24) is 15.1 Å². The Bertz CT molecular complexity index is 558. The molecular weight excluding hydrogens is 362 g/mol. The first-order chi connectivity index (χ1) is 14.2. The van der Waals surface area contributed by atoms with E-state index in [1.54, 1.807) is 0 Å². The Hall–Kier alpha value is -1.10. The smallest absolute Gasteiger partial charge is 0.224 e. The van der Waals surface area contributed by atoms with Crippen LogP contribution in [0.25, 0.3) is 0 Å². The maximum Gasteiger partial charge on any atom is 0.224 e. The maximum atomic E-state index is 13.1. The number of carbonyl (C=O) groups is 2. The zero-order valence-corrected chi connectivity index (χ0v) is 18.3. The van der Waals surface area contributed by atoms with E-state index in [-0.39, 0.29) is 23.3 Å². The molecule has 4 aliphatic rings. The third kappa shape index (κ3) is 4.98. The standard InChI is InChI=1S/C24H41N3O2/c28-22-13-12-20(18-27(22)21-10-4-1-2-5-11-21)23(29)25-19-24(14-6-7-15-24)26-16-8-3-9-17-26/h20-21H,1-19H2,(H,25,29)/t20-/m1/s1. The summed E-state index contributed by atoms with van der Waals surface area (Å²) < 4.78 is 0. The number of hydrogen-bond acceptors (Lipinski definition) is 3. The van der Waals surface area contributed by atoms with Gasteiger partial charge in [-0.2, -0.15) is 0 Å². The Labute approximate surface area is 177 Å².